The molecule has 6 nitrogen and oxygen atoms in total. The Morgan fingerprint density at radius 2 is 1.76 bits per heavy atom. The van der Waals surface area contributed by atoms with E-state index in [1.807, 2.05) is 13.0 Å². The summed E-state index contributed by atoms with van der Waals surface area (Å²) in [4.78, 5) is 12.5. The zero-order chi connectivity index (χ0) is 17.9. The second-order valence-electron chi connectivity index (χ2n) is 5.81. The molecule has 0 spiro atoms. The molecule has 3 rings (SSSR count). The van der Waals surface area contributed by atoms with E-state index in [-0.39, 0.29) is 10.8 Å². The number of rotatable bonds is 4. The number of nitrogens with one attached hydrogen (secondary N) is 1. The molecule has 1 fully saturated rings. The highest BCUT2D eigenvalue weighted by Crippen LogP contribution is 2.24. The van der Waals surface area contributed by atoms with E-state index < -0.39 is 10.0 Å². The van der Waals surface area contributed by atoms with Gasteiger partial charge in [-0.25, -0.2) is 8.42 Å². The Balaban J connectivity index is 1.86. The van der Waals surface area contributed by atoms with E-state index in [0.29, 0.717) is 37.6 Å². The van der Waals surface area contributed by atoms with E-state index in [2.05, 4.69) is 5.32 Å². The number of morpholine rings is 1. The lowest BCUT2D eigenvalue weighted by Gasteiger charge is -2.26. The third-order valence-corrected chi connectivity index (χ3v) is 6.00. The fraction of sp³-hybridized carbons (Fsp3) is 0.278. The fourth-order valence-corrected chi connectivity index (χ4v) is 4.05. The van der Waals surface area contributed by atoms with Crippen LogP contribution >= 0.6 is 0 Å². The van der Waals surface area contributed by atoms with Crippen LogP contribution in [0.2, 0.25) is 0 Å². The van der Waals surface area contributed by atoms with Gasteiger partial charge in [-0.1, -0.05) is 24.3 Å². The number of sulfonamides is 1. The summed E-state index contributed by atoms with van der Waals surface area (Å²) >= 11 is 0. The molecule has 0 bridgehead atoms. The molecule has 0 radical (unpaired) electrons. The first kappa shape index (κ1) is 17.6. The Morgan fingerprint density at radius 1 is 1.08 bits per heavy atom. The Kier molecular flexibility index (Phi) is 5.17. The second kappa shape index (κ2) is 7.35. The van der Waals surface area contributed by atoms with Crippen molar-refractivity contribution in [2.24, 2.45) is 0 Å². The summed E-state index contributed by atoms with van der Waals surface area (Å²) in [5.41, 5.74) is 1.80. The van der Waals surface area contributed by atoms with Gasteiger partial charge in [0.05, 0.1) is 18.1 Å². The molecule has 0 unspecified atom stereocenters. The van der Waals surface area contributed by atoms with Gasteiger partial charge >= 0.3 is 0 Å². The molecule has 1 aliphatic heterocycles. The zero-order valence-electron chi connectivity index (χ0n) is 13.9. The third kappa shape index (κ3) is 3.89. The van der Waals surface area contributed by atoms with E-state index in [1.165, 1.54) is 10.4 Å². The van der Waals surface area contributed by atoms with Crippen LogP contribution in [-0.2, 0) is 14.8 Å². The van der Waals surface area contributed by atoms with Gasteiger partial charge in [0.25, 0.3) is 5.91 Å². The molecule has 1 amide bonds. The van der Waals surface area contributed by atoms with Gasteiger partial charge < -0.3 is 10.1 Å². The Labute approximate surface area is 147 Å². The highest BCUT2D eigenvalue weighted by Gasteiger charge is 2.26. The van der Waals surface area contributed by atoms with Gasteiger partial charge in [-0.2, -0.15) is 4.31 Å². The molecule has 1 N–H and O–H groups in total. The van der Waals surface area contributed by atoms with Gasteiger partial charge in [0.1, 0.15) is 0 Å². The minimum Gasteiger partial charge on any atom is -0.379 e. The molecule has 1 saturated heterocycles. The maximum Gasteiger partial charge on any atom is 0.255 e. The summed E-state index contributed by atoms with van der Waals surface area (Å²) in [6.07, 6.45) is 0. The molecule has 2 aromatic carbocycles. The Hall–Kier alpha value is -2.22. The van der Waals surface area contributed by atoms with Crippen molar-refractivity contribution in [3.05, 3.63) is 59.7 Å². The number of amides is 1. The molecule has 2 aromatic rings. The SMILES string of the molecule is Cc1ccc(S(=O)(=O)N2CCOCC2)cc1NC(=O)c1ccccc1. The molecule has 132 valence electrons. The molecule has 0 atom stereocenters. The first-order valence-electron chi connectivity index (χ1n) is 8.03. The van der Waals surface area contributed by atoms with Gasteiger partial charge in [-0.3, -0.25) is 4.79 Å². The van der Waals surface area contributed by atoms with Crippen molar-refractivity contribution in [3.8, 4) is 0 Å². The van der Waals surface area contributed by atoms with Crippen molar-refractivity contribution in [2.75, 3.05) is 31.6 Å². The third-order valence-electron chi connectivity index (χ3n) is 4.10. The standard InChI is InChI=1S/C18H20N2O4S/c1-14-7-8-16(25(22,23)20-9-11-24-12-10-20)13-17(14)19-18(21)15-5-3-2-4-6-15/h2-8,13H,9-12H2,1H3,(H,19,21). The fourth-order valence-electron chi connectivity index (χ4n) is 2.62. The number of aryl methyl sites for hydroxylation is 1. The lowest BCUT2D eigenvalue weighted by atomic mass is 10.1. The van der Waals surface area contributed by atoms with Crippen LogP contribution < -0.4 is 5.32 Å². The first-order valence-corrected chi connectivity index (χ1v) is 9.47. The molecule has 1 heterocycles. The molecule has 25 heavy (non-hydrogen) atoms. The van der Waals surface area contributed by atoms with Crippen molar-refractivity contribution in [2.45, 2.75) is 11.8 Å². The summed E-state index contributed by atoms with van der Waals surface area (Å²) in [5, 5.41) is 2.80. The van der Waals surface area contributed by atoms with Crippen LogP contribution in [-0.4, -0.2) is 44.9 Å². The molecule has 7 heteroatoms. The summed E-state index contributed by atoms with van der Waals surface area (Å²) in [6, 6.07) is 13.6. The largest absolute Gasteiger partial charge is 0.379 e. The summed E-state index contributed by atoms with van der Waals surface area (Å²) < 4.78 is 32.1. The smallest absolute Gasteiger partial charge is 0.255 e. The van der Waals surface area contributed by atoms with Gasteiger partial charge in [-0.05, 0) is 36.8 Å². The quantitative estimate of drug-likeness (QED) is 0.907. The van der Waals surface area contributed by atoms with Crippen LogP contribution in [0.4, 0.5) is 5.69 Å². The predicted molar refractivity (Wildman–Crippen MR) is 95.2 cm³/mol. The lowest BCUT2D eigenvalue weighted by molar-refractivity contribution is 0.0730. The lowest BCUT2D eigenvalue weighted by Crippen LogP contribution is -2.40. The first-order chi connectivity index (χ1) is 12.0. The molecule has 0 aliphatic carbocycles. The normalized spacial score (nSPS) is 15.7. The topological polar surface area (TPSA) is 75.7 Å². The van der Waals surface area contributed by atoms with Crippen LogP contribution in [0, 0.1) is 6.92 Å². The van der Waals surface area contributed by atoms with E-state index in [0.717, 1.165) is 5.56 Å². The van der Waals surface area contributed by atoms with Crippen LogP contribution in [0.1, 0.15) is 15.9 Å². The van der Waals surface area contributed by atoms with Crippen molar-refractivity contribution < 1.29 is 17.9 Å². The van der Waals surface area contributed by atoms with Crippen molar-refractivity contribution in [1.82, 2.24) is 4.31 Å². The van der Waals surface area contributed by atoms with Crippen LogP contribution in [0.15, 0.2) is 53.4 Å². The number of anilines is 1. The molecule has 0 aromatic heterocycles. The number of benzene rings is 2. The summed E-state index contributed by atoms with van der Waals surface area (Å²) in [5.74, 6) is -0.273. The van der Waals surface area contributed by atoms with Crippen molar-refractivity contribution in [3.63, 3.8) is 0 Å². The zero-order valence-corrected chi connectivity index (χ0v) is 14.8. The van der Waals surface area contributed by atoms with E-state index in [9.17, 15) is 13.2 Å². The van der Waals surface area contributed by atoms with Gasteiger partial charge in [0.15, 0.2) is 0 Å². The average molecular weight is 360 g/mol. The van der Waals surface area contributed by atoms with Gasteiger partial charge in [0, 0.05) is 24.3 Å². The number of hydrogen-bond donors (Lipinski definition) is 1. The van der Waals surface area contributed by atoms with Crippen LogP contribution in [0.25, 0.3) is 0 Å². The van der Waals surface area contributed by atoms with Crippen LogP contribution in [0.3, 0.4) is 0 Å². The maximum atomic E-state index is 12.8. The number of carbonyl (C=O) groups is 1. The summed E-state index contributed by atoms with van der Waals surface area (Å²) in [6.45, 7) is 3.28. The van der Waals surface area contributed by atoms with E-state index >= 15 is 0 Å². The Bertz CT molecular complexity index is 860. The second-order valence-corrected chi connectivity index (χ2v) is 7.75. The Morgan fingerprint density at radius 3 is 2.44 bits per heavy atom. The van der Waals surface area contributed by atoms with Crippen LogP contribution in [0.5, 0.6) is 0 Å². The van der Waals surface area contributed by atoms with Crippen molar-refractivity contribution in [1.29, 1.82) is 0 Å². The minimum absolute atomic E-state index is 0.170. The number of carbonyl (C=O) groups excluding carboxylic acids is 1. The van der Waals surface area contributed by atoms with Crippen molar-refractivity contribution >= 4 is 21.6 Å². The predicted octanol–water partition coefficient (Wildman–Crippen LogP) is 2.27. The van der Waals surface area contributed by atoms with Gasteiger partial charge in [-0.15, -0.1) is 0 Å². The molecule has 1 aliphatic rings. The summed E-state index contributed by atoms with van der Waals surface area (Å²) in [7, 11) is -3.60. The number of hydrogen-bond acceptors (Lipinski definition) is 4. The molecular weight excluding hydrogens is 340 g/mol. The highest BCUT2D eigenvalue weighted by molar-refractivity contribution is 7.89. The van der Waals surface area contributed by atoms with Gasteiger partial charge in [0.2, 0.25) is 10.0 Å². The van der Waals surface area contributed by atoms with E-state index in [1.54, 1.807) is 36.4 Å². The number of ether oxygens (including phenoxy) is 1. The molecular formula is C18H20N2O4S. The maximum absolute atomic E-state index is 12.8. The average Bonchev–Trinajstić information content (AvgIpc) is 2.64. The molecule has 0 saturated carbocycles. The highest BCUT2D eigenvalue weighted by atomic mass is 32.2. The number of nitrogens with zero attached hydrogens (tertiary/aromatic N) is 1. The minimum atomic E-state index is -3.60. The monoisotopic (exact) mass is 360 g/mol. The van der Waals surface area contributed by atoms with E-state index in [4.69, 9.17) is 4.74 Å².